The van der Waals surface area contributed by atoms with E-state index in [2.05, 4.69) is 15.9 Å². The standard InChI is InChI=1S/C21H17BrFNO4/c22-16-6-9-18(23)15(12-16)5-10-21(27)28-13-19(25)14-3-7-17(8-4-14)24-11-1-2-20(24)26/h3-10,12H,1-2,11,13H2/b10-5+. The van der Waals surface area contributed by atoms with Gasteiger partial charge in [-0.3, -0.25) is 9.59 Å². The Kier molecular flexibility index (Phi) is 6.36. The lowest BCUT2D eigenvalue weighted by Gasteiger charge is -2.15. The second kappa shape index (κ2) is 8.93. The Bertz CT molecular complexity index is 940. The van der Waals surface area contributed by atoms with Crippen molar-refractivity contribution in [1.29, 1.82) is 0 Å². The lowest BCUT2D eigenvalue weighted by molar-refractivity contribution is -0.136. The van der Waals surface area contributed by atoms with Gasteiger partial charge in [0.2, 0.25) is 5.91 Å². The molecule has 0 atom stereocenters. The molecule has 1 amide bonds. The molecule has 1 aliphatic rings. The first-order valence-corrected chi connectivity index (χ1v) is 9.47. The molecule has 1 fully saturated rings. The van der Waals surface area contributed by atoms with Crippen LogP contribution in [0.1, 0.15) is 28.8 Å². The van der Waals surface area contributed by atoms with Crippen molar-refractivity contribution in [2.45, 2.75) is 12.8 Å². The van der Waals surface area contributed by atoms with E-state index in [1.54, 1.807) is 35.2 Å². The normalized spacial score (nSPS) is 13.9. The molecule has 1 heterocycles. The molecule has 0 saturated carbocycles. The van der Waals surface area contributed by atoms with E-state index in [1.807, 2.05) is 0 Å². The smallest absolute Gasteiger partial charge is 0.331 e. The molecule has 0 unspecified atom stereocenters. The average molecular weight is 446 g/mol. The Balaban J connectivity index is 1.54. The lowest BCUT2D eigenvalue weighted by Crippen LogP contribution is -2.23. The third kappa shape index (κ3) is 4.92. The number of anilines is 1. The number of benzene rings is 2. The van der Waals surface area contributed by atoms with Gasteiger partial charge < -0.3 is 9.64 Å². The molecule has 2 aromatic carbocycles. The summed E-state index contributed by atoms with van der Waals surface area (Å²) in [5, 5.41) is 0. The molecule has 0 spiro atoms. The fraction of sp³-hybridized carbons (Fsp3) is 0.190. The number of esters is 1. The predicted octanol–water partition coefficient (Wildman–Crippen LogP) is 4.15. The Morgan fingerprint density at radius 3 is 2.61 bits per heavy atom. The van der Waals surface area contributed by atoms with Crippen LogP contribution in [0, 0.1) is 5.82 Å². The molecule has 0 aromatic heterocycles. The van der Waals surface area contributed by atoms with Gasteiger partial charge in [0, 0.05) is 40.3 Å². The Morgan fingerprint density at radius 1 is 1.18 bits per heavy atom. The zero-order valence-corrected chi connectivity index (χ0v) is 16.4. The monoisotopic (exact) mass is 445 g/mol. The second-order valence-electron chi connectivity index (χ2n) is 6.23. The van der Waals surface area contributed by atoms with Crippen LogP contribution in [-0.4, -0.2) is 30.8 Å². The molecular weight excluding hydrogens is 429 g/mol. The van der Waals surface area contributed by atoms with Crippen molar-refractivity contribution in [3.8, 4) is 0 Å². The molecule has 5 nitrogen and oxygen atoms in total. The van der Waals surface area contributed by atoms with Crippen LogP contribution in [0.4, 0.5) is 10.1 Å². The van der Waals surface area contributed by atoms with Crippen LogP contribution in [-0.2, 0) is 14.3 Å². The molecule has 28 heavy (non-hydrogen) atoms. The number of rotatable bonds is 6. The van der Waals surface area contributed by atoms with E-state index in [4.69, 9.17) is 4.74 Å². The van der Waals surface area contributed by atoms with E-state index in [1.165, 1.54) is 18.2 Å². The van der Waals surface area contributed by atoms with Crippen LogP contribution in [0.2, 0.25) is 0 Å². The number of ether oxygens (including phenoxy) is 1. The number of halogens is 2. The summed E-state index contributed by atoms with van der Waals surface area (Å²) in [6.07, 6.45) is 3.72. The molecule has 1 aliphatic heterocycles. The van der Waals surface area contributed by atoms with Crippen LogP contribution < -0.4 is 4.90 Å². The highest BCUT2D eigenvalue weighted by atomic mass is 79.9. The first-order valence-electron chi connectivity index (χ1n) is 8.67. The molecule has 3 rings (SSSR count). The highest BCUT2D eigenvalue weighted by Gasteiger charge is 2.21. The number of amides is 1. The fourth-order valence-corrected chi connectivity index (χ4v) is 3.20. The van der Waals surface area contributed by atoms with Crippen molar-refractivity contribution >= 4 is 45.4 Å². The number of carbonyl (C=O) groups is 3. The predicted molar refractivity (Wildman–Crippen MR) is 106 cm³/mol. The van der Waals surface area contributed by atoms with E-state index >= 15 is 0 Å². The average Bonchev–Trinajstić information content (AvgIpc) is 3.12. The largest absolute Gasteiger partial charge is 0.454 e. The van der Waals surface area contributed by atoms with E-state index in [-0.39, 0.29) is 17.3 Å². The van der Waals surface area contributed by atoms with Crippen molar-refractivity contribution in [3.63, 3.8) is 0 Å². The highest BCUT2D eigenvalue weighted by molar-refractivity contribution is 9.10. The summed E-state index contributed by atoms with van der Waals surface area (Å²) in [4.78, 5) is 37.4. The molecule has 7 heteroatoms. The molecule has 0 aliphatic carbocycles. The Labute approximate surface area is 169 Å². The van der Waals surface area contributed by atoms with Gasteiger partial charge in [-0.15, -0.1) is 0 Å². The van der Waals surface area contributed by atoms with Crippen LogP contribution >= 0.6 is 15.9 Å². The van der Waals surface area contributed by atoms with Crippen LogP contribution in [0.3, 0.4) is 0 Å². The molecule has 144 valence electrons. The fourth-order valence-electron chi connectivity index (χ4n) is 2.82. The van der Waals surface area contributed by atoms with Crippen LogP contribution in [0.15, 0.2) is 53.0 Å². The van der Waals surface area contributed by atoms with Gasteiger partial charge in [-0.1, -0.05) is 15.9 Å². The van der Waals surface area contributed by atoms with E-state index < -0.39 is 18.4 Å². The number of carbonyl (C=O) groups excluding carboxylic acids is 3. The summed E-state index contributed by atoms with van der Waals surface area (Å²) in [6.45, 7) is 0.251. The summed E-state index contributed by atoms with van der Waals surface area (Å²) in [5.74, 6) is -1.51. The third-order valence-electron chi connectivity index (χ3n) is 4.28. The van der Waals surface area contributed by atoms with Crippen molar-refractivity contribution < 1.29 is 23.5 Å². The summed E-state index contributed by atoms with van der Waals surface area (Å²) in [6, 6.07) is 11.0. The van der Waals surface area contributed by atoms with Gasteiger partial charge in [0.25, 0.3) is 0 Å². The van der Waals surface area contributed by atoms with Gasteiger partial charge in [-0.25, -0.2) is 9.18 Å². The maximum absolute atomic E-state index is 13.6. The quantitative estimate of drug-likeness (QED) is 0.380. The summed E-state index contributed by atoms with van der Waals surface area (Å²) in [5.41, 5.74) is 1.35. The van der Waals surface area contributed by atoms with E-state index in [9.17, 15) is 18.8 Å². The molecule has 1 saturated heterocycles. The van der Waals surface area contributed by atoms with Gasteiger partial charge in [-0.05, 0) is 55.0 Å². The maximum atomic E-state index is 13.6. The van der Waals surface area contributed by atoms with Crippen LogP contribution in [0.25, 0.3) is 6.08 Å². The number of hydrogen-bond donors (Lipinski definition) is 0. The lowest BCUT2D eigenvalue weighted by atomic mass is 10.1. The number of ketones is 1. The van der Waals surface area contributed by atoms with E-state index in [0.29, 0.717) is 23.0 Å². The molecular formula is C21H17BrFNO4. The first kappa shape index (κ1) is 19.9. The molecule has 2 aromatic rings. The van der Waals surface area contributed by atoms with Gasteiger partial charge >= 0.3 is 5.97 Å². The Hall–Kier alpha value is -2.80. The number of Topliss-reactive ketones (excluding diaryl/α,β-unsaturated/α-hetero) is 1. The molecule has 0 radical (unpaired) electrons. The SMILES string of the molecule is O=C(/C=C/c1cc(Br)ccc1F)OCC(=O)c1ccc(N2CCCC2=O)cc1. The zero-order valence-electron chi connectivity index (χ0n) is 14.9. The molecule has 0 N–H and O–H groups in total. The summed E-state index contributed by atoms with van der Waals surface area (Å²) >= 11 is 3.23. The van der Waals surface area contributed by atoms with Gasteiger partial charge in [-0.2, -0.15) is 0 Å². The Morgan fingerprint density at radius 2 is 1.93 bits per heavy atom. The number of hydrogen-bond acceptors (Lipinski definition) is 4. The molecule has 0 bridgehead atoms. The van der Waals surface area contributed by atoms with Crippen molar-refractivity contribution in [1.82, 2.24) is 0 Å². The topological polar surface area (TPSA) is 63.7 Å². The van der Waals surface area contributed by atoms with Crippen LogP contribution in [0.5, 0.6) is 0 Å². The van der Waals surface area contributed by atoms with Gasteiger partial charge in [0.15, 0.2) is 12.4 Å². The van der Waals surface area contributed by atoms with Gasteiger partial charge in [0.1, 0.15) is 5.82 Å². The minimum absolute atomic E-state index is 0.0710. The minimum Gasteiger partial charge on any atom is -0.454 e. The van der Waals surface area contributed by atoms with E-state index in [0.717, 1.165) is 18.2 Å². The third-order valence-corrected chi connectivity index (χ3v) is 4.77. The van der Waals surface area contributed by atoms with Crippen molar-refractivity contribution in [2.75, 3.05) is 18.1 Å². The summed E-state index contributed by atoms with van der Waals surface area (Å²) in [7, 11) is 0. The first-order chi connectivity index (χ1) is 13.4. The highest BCUT2D eigenvalue weighted by Crippen LogP contribution is 2.22. The van der Waals surface area contributed by atoms with Crippen molar-refractivity contribution in [3.05, 3.63) is 70.0 Å². The zero-order chi connectivity index (χ0) is 20.1. The second-order valence-corrected chi connectivity index (χ2v) is 7.14. The maximum Gasteiger partial charge on any atom is 0.331 e. The number of nitrogens with zero attached hydrogens (tertiary/aromatic N) is 1. The van der Waals surface area contributed by atoms with Crippen molar-refractivity contribution in [2.24, 2.45) is 0 Å². The minimum atomic E-state index is -0.744. The van der Waals surface area contributed by atoms with Gasteiger partial charge in [0.05, 0.1) is 0 Å². The summed E-state index contributed by atoms with van der Waals surface area (Å²) < 4.78 is 19.2.